The van der Waals surface area contributed by atoms with Gasteiger partial charge in [-0.25, -0.2) is 9.78 Å². The number of hydrogen-bond donors (Lipinski definition) is 1. The number of carbonyl (C=O) groups is 1. The maximum absolute atomic E-state index is 10.3. The van der Waals surface area contributed by atoms with Gasteiger partial charge in [0.15, 0.2) is 6.61 Å². The second kappa shape index (κ2) is 4.04. The quantitative estimate of drug-likeness (QED) is 0.776. The number of rotatable bonds is 3. The van der Waals surface area contributed by atoms with Crippen LogP contribution in [-0.2, 0) is 4.79 Å². The molecule has 1 aromatic rings. The van der Waals surface area contributed by atoms with Crippen LogP contribution in [0.3, 0.4) is 0 Å². The molecule has 14 heavy (non-hydrogen) atoms. The molecule has 0 aliphatic carbocycles. The summed E-state index contributed by atoms with van der Waals surface area (Å²) in [6.07, 6.45) is 0. The molecule has 0 spiro atoms. The summed E-state index contributed by atoms with van der Waals surface area (Å²) in [6, 6.07) is 0. The molecule has 0 aliphatic rings. The highest BCUT2D eigenvalue weighted by Crippen LogP contribution is 2.16. The van der Waals surface area contributed by atoms with Crippen LogP contribution < -0.4 is 4.74 Å². The number of aromatic nitrogens is 2. The molecule has 1 heterocycles. The zero-order valence-electron chi connectivity index (χ0n) is 8.37. The lowest BCUT2D eigenvalue weighted by atomic mass is 10.2. The number of aliphatic carboxylic acids is 1. The maximum atomic E-state index is 10.3. The average Bonchev–Trinajstić information content (AvgIpc) is 2.08. The predicted molar refractivity (Wildman–Crippen MR) is 49.4 cm³/mol. The predicted octanol–water partition coefficient (Wildman–Crippen LogP) is 0.865. The number of nitrogens with zero attached hydrogens (tertiary/aromatic N) is 2. The molecule has 0 radical (unpaired) electrons. The van der Waals surface area contributed by atoms with Crippen LogP contribution >= 0.6 is 0 Å². The molecular formula is C9H12N2O3. The Balaban J connectivity index is 2.90. The van der Waals surface area contributed by atoms with Crippen molar-refractivity contribution < 1.29 is 14.6 Å². The first-order valence-electron chi connectivity index (χ1n) is 4.17. The van der Waals surface area contributed by atoms with E-state index in [0.717, 1.165) is 11.3 Å². The highest BCUT2D eigenvalue weighted by molar-refractivity contribution is 5.68. The van der Waals surface area contributed by atoms with Crippen molar-refractivity contribution in [3.63, 3.8) is 0 Å². The molecule has 0 aliphatic heterocycles. The van der Waals surface area contributed by atoms with Crippen LogP contribution in [0.1, 0.15) is 17.1 Å². The van der Waals surface area contributed by atoms with Crippen molar-refractivity contribution in [2.24, 2.45) is 0 Å². The van der Waals surface area contributed by atoms with E-state index in [-0.39, 0.29) is 6.61 Å². The first-order chi connectivity index (χ1) is 6.50. The van der Waals surface area contributed by atoms with Crippen molar-refractivity contribution in [3.8, 4) is 5.88 Å². The average molecular weight is 196 g/mol. The van der Waals surface area contributed by atoms with Gasteiger partial charge in [0.05, 0.1) is 0 Å². The molecule has 1 aromatic heterocycles. The van der Waals surface area contributed by atoms with Crippen LogP contribution in [0, 0.1) is 20.8 Å². The normalized spacial score (nSPS) is 9.93. The Labute approximate surface area is 81.8 Å². The van der Waals surface area contributed by atoms with E-state index in [1.54, 1.807) is 13.8 Å². The largest absolute Gasteiger partial charge is 0.479 e. The SMILES string of the molecule is Cc1nc(C)c(C)c(OCC(=O)O)n1. The lowest BCUT2D eigenvalue weighted by Gasteiger charge is -2.08. The third-order valence-corrected chi connectivity index (χ3v) is 1.79. The van der Waals surface area contributed by atoms with E-state index in [1.165, 1.54) is 0 Å². The first kappa shape index (κ1) is 10.4. The van der Waals surface area contributed by atoms with Gasteiger partial charge in [0.2, 0.25) is 5.88 Å². The van der Waals surface area contributed by atoms with Crippen LogP contribution in [0.2, 0.25) is 0 Å². The minimum absolute atomic E-state index is 0.345. The van der Waals surface area contributed by atoms with Crippen LogP contribution in [0.15, 0.2) is 0 Å². The van der Waals surface area contributed by atoms with E-state index in [0.29, 0.717) is 11.7 Å². The third kappa shape index (κ3) is 2.42. The van der Waals surface area contributed by atoms with Gasteiger partial charge >= 0.3 is 5.97 Å². The van der Waals surface area contributed by atoms with E-state index in [2.05, 4.69) is 9.97 Å². The molecule has 5 heteroatoms. The number of carboxylic acid groups (broad SMARTS) is 1. The van der Waals surface area contributed by atoms with Gasteiger partial charge in [-0.3, -0.25) is 0 Å². The minimum atomic E-state index is -1.02. The second-order valence-electron chi connectivity index (χ2n) is 2.97. The molecule has 1 N–H and O–H groups in total. The van der Waals surface area contributed by atoms with Crippen LogP contribution in [0.25, 0.3) is 0 Å². The van der Waals surface area contributed by atoms with Crippen LogP contribution in [0.4, 0.5) is 0 Å². The van der Waals surface area contributed by atoms with Gasteiger partial charge in [-0.15, -0.1) is 0 Å². The Morgan fingerprint density at radius 3 is 2.57 bits per heavy atom. The van der Waals surface area contributed by atoms with E-state index in [4.69, 9.17) is 9.84 Å². The monoisotopic (exact) mass is 196 g/mol. The summed E-state index contributed by atoms with van der Waals surface area (Å²) >= 11 is 0. The van der Waals surface area contributed by atoms with E-state index in [1.807, 2.05) is 6.92 Å². The molecule has 0 amide bonds. The molecule has 0 unspecified atom stereocenters. The molecule has 1 rings (SSSR count). The van der Waals surface area contributed by atoms with Gasteiger partial charge in [-0.05, 0) is 20.8 Å². The van der Waals surface area contributed by atoms with Gasteiger partial charge in [0.25, 0.3) is 0 Å². The fourth-order valence-electron chi connectivity index (χ4n) is 1.01. The summed E-state index contributed by atoms with van der Waals surface area (Å²) in [5, 5.41) is 8.44. The molecular weight excluding hydrogens is 184 g/mol. The summed E-state index contributed by atoms with van der Waals surface area (Å²) in [6.45, 7) is 4.99. The number of hydrogen-bond acceptors (Lipinski definition) is 4. The van der Waals surface area contributed by atoms with E-state index >= 15 is 0 Å². The van der Waals surface area contributed by atoms with Crippen LogP contribution in [-0.4, -0.2) is 27.7 Å². The Hall–Kier alpha value is -1.65. The first-order valence-corrected chi connectivity index (χ1v) is 4.17. The Bertz CT molecular complexity index is 363. The van der Waals surface area contributed by atoms with Crippen LogP contribution in [0.5, 0.6) is 5.88 Å². The minimum Gasteiger partial charge on any atom is -0.479 e. The van der Waals surface area contributed by atoms with Crippen molar-refractivity contribution in [1.82, 2.24) is 9.97 Å². The van der Waals surface area contributed by atoms with E-state index < -0.39 is 5.97 Å². The summed E-state index contributed by atoms with van der Waals surface area (Å²) in [5.41, 5.74) is 1.58. The van der Waals surface area contributed by atoms with Crippen molar-refractivity contribution in [1.29, 1.82) is 0 Å². The zero-order valence-corrected chi connectivity index (χ0v) is 8.37. The smallest absolute Gasteiger partial charge is 0.341 e. The molecule has 0 fully saturated rings. The van der Waals surface area contributed by atoms with Gasteiger partial charge in [-0.2, -0.15) is 4.98 Å². The molecule has 0 bridgehead atoms. The van der Waals surface area contributed by atoms with Crippen molar-refractivity contribution in [2.75, 3.05) is 6.61 Å². The lowest BCUT2D eigenvalue weighted by Crippen LogP contribution is -2.12. The summed E-state index contributed by atoms with van der Waals surface area (Å²) in [7, 11) is 0. The number of ether oxygens (including phenoxy) is 1. The Morgan fingerprint density at radius 1 is 1.36 bits per heavy atom. The number of aryl methyl sites for hydroxylation is 2. The fourth-order valence-corrected chi connectivity index (χ4v) is 1.01. The van der Waals surface area contributed by atoms with Gasteiger partial charge in [-0.1, -0.05) is 0 Å². The number of carboxylic acids is 1. The van der Waals surface area contributed by atoms with Crippen molar-refractivity contribution in [2.45, 2.75) is 20.8 Å². The molecule has 0 atom stereocenters. The Morgan fingerprint density at radius 2 is 2.00 bits per heavy atom. The highest BCUT2D eigenvalue weighted by Gasteiger charge is 2.08. The molecule has 0 saturated heterocycles. The summed E-state index contributed by atoms with van der Waals surface area (Å²) < 4.78 is 5.01. The van der Waals surface area contributed by atoms with Gasteiger partial charge in [0, 0.05) is 11.3 Å². The van der Waals surface area contributed by atoms with Crippen molar-refractivity contribution >= 4 is 5.97 Å². The third-order valence-electron chi connectivity index (χ3n) is 1.79. The van der Waals surface area contributed by atoms with Crippen molar-refractivity contribution in [3.05, 3.63) is 17.1 Å². The molecule has 0 saturated carbocycles. The molecule has 76 valence electrons. The summed E-state index contributed by atoms with van der Waals surface area (Å²) in [4.78, 5) is 18.4. The highest BCUT2D eigenvalue weighted by atomic mass is 16.5. The maximum Gasteiger partial charge on any atom is 0.341 e. The lowest BCUT2D eigenvalue weighted by molar-refractivity contribution is -0.139. The standard InChI is InChI=1S/C9H12N2O3/c1-5-6(2)10-7(3)11-9(5)14-4-8(12)13/h4H2,1-3H3,(H,12,13). The second-order valence-corrected chi connectivity index (χ2v) is 2.97. The fraction of sp³-hybridized carbons (Fsp3) is 0.444. The van der Waals surface area contributed by atoms with Gasteiger partial charge in [0.1, 0.15) is 5.82 Å². The summed E-state index contributed by atoms with van der Waals surface area (Å²) in [5.74, 6) is -0.0933. The molecule has 0 aromatic carbocycles. The molecule has 5 nitrogen and oxygen atoms in total. The van der Waals surface area contributed by atoms with E-state index in [9.17, 15) is 4.79 Å². The van der Waals surface area contributed by atoms with Gasteiger partial charge < -0.3 is 9.84 Å². The topological polar surface area (TPSA) is 72.3 Å². The Kier molecular flexibility index (Phi) is 3.01. The zero-order chi connectivity index (χ0) is 10.7.